The first-order chi connectivity index (χ1) is 9.30. The molecule has 0 saturated heterocycles. The van der Waals surface area contributed by atoms with Crippen LogP contribution in [-0.2, 0) is 11.2 Å². The Balaban J connectivity index is 1.96. The number of benzene rings is 1. The summed E-state index contributed by atoms with van der Waals surface area (Å²) in [6, 6.07) is 10.2. The van der Waals surface area contributed by atoms with Crippen LogP contribution < -0.4 is 11.1 Å². The SMILES string of the molecule is CC1(C)C(C(=O)NC(CN)Cc2ccccc2)C1(C)C. The van der Waals surface area contributed by atoms with Crippen LogP contribution in [0.15, 0.2) is 30.3 Å². The van der Waals surface area contributed by atoms with E-state index in [2.05, 4.69) is 45.1 Å². The van der Waals surface area contributed by atoms with Crippen molar-refractivity contribution in [2.75, 3.05) is 6.54 Å². The number of amides is 1. The summed E-state index contributed by atoms with van der Waals surface area (Å²) < 4.78 is 0. The summed E-state index contributed by atoms with van der Waals surface area (Å²) in [7, 11) is 0. The van der Waals surface area contributed by atoms with Crippen LogP contribution in [-0.4, -0.2) is 18.5 Å². The summed E-state index contributed by atoms with van der Waals surface area (Å²) in [5, 5.41) is 3.12. The van der Waals surface area contributed by atoms with Crippen LogP contribution in [0.2, 0.25) is 0 Å². The Kier molecular flexibility index (Phi) is 3.92. The molecular formula is C17H26N2O. The Morgan fingerprint density at radius 1 is 1.20 bits per heavy atom. The Hall–Kier alpha value is -1.35. The number of carbonyl (C=O) groups excluding carboxylic acids is 1. The van der Waals surface area contributed by atoms with Crippen molar-refractivity contribution in [3.05, 3.63) is 35.9 Å². The van der Waals surface area contributed by atoms with Gasteiger partial charge in [-0.3, -0.25) is 4.79 Å². The zero-order valence-corrected chi connectivity index (χ0v) is 12.9. The molecule has 3 heteroatoms. The van der Waals surface area contributed by atoms with E-state index in [1.807, 2.05) is 18.2 Å². The lowest BCUT2D eigenvalue weighted by atomic mass is 10.0. The van der Waals surface area contributed by atoms with Crippen LogP contribution in [0.1, 0.15) is 33.3 Å². The predicted molar refractivity (Wildman–Crippen MR) is 82.2 cm³/mol. The number of carbonyl (C=O) groups is 1. The summed E-state index contributed by atoms with van der Waals surface area (Å²) in [4.78, 5) is 12.4. The molecule has 1 aliphatic carbocycles. The lowest BCUT2D eigenvalue weighted by molar-refractivity contribution is -0.124. The van der Waals surface area contributed by atoms with E-state index in [-0.39, 0.29) is 28.7 Å². The number of nitrogens with one attached hydrogen (secondary N) is 1. The molecule has 1 aromatic rings. The quantitative estimate of drug-likeness (QED) is 0.866. The maximum Gasteiger partial charge on any atom is 0.224 e. The van der Waals surface area contributed by atoms with Gasteiger partial charge in [0.2, 0.25) is 5.91 Å². The molecule has 1 amide bonds. The normalized spacial score (nSPS) is 21.2. The molecule has 110 valence electrons. The van der Waals surface area contributed by atoms with Gasteiger partial charge in [-0.1, -0.05) is 58.0 Å². The van der Waals surface area contributed by atoms with Crippen LogP contribution in [0, 0.1) is 16.7 Å². The molecule has 3 N–H and O–H groups in total. The van der Waals surface area contributed by atoms with E-state index in [9.17, 15) is 4.79 Å². The lowest BCUT2D eigenvalue weighted by Gasteiger charge is -2.17. The van der Waals surface area contributed by atoms with Crippen LogP contribution in [0.3, 0.4) is 0 Å². The first kappa shape index (κ1) is 15.0. The van der Waals surface area contributed by atoms with Gasteiger partial charge in [-0.25, -0.2) is 0 Å². The van der Waals surface area contributed by atoms with Gasteiger partial charge in [-0.05, 0) is 22.8 Å². The number of nitrogens with two attached hydrogens (primary N) is 1. The van der Waals surface area contributed by atoms with Crippen LogP contribution >= 0.6 is 0 Å². The lowest BCUT2D eigenvalue weighted by Crippen LogP contribution is -2.43. The summed E-state index contributed by atoms with van der Waals surface area (Å²) in [5.41, 5.74) is 7.16. The fourth-order valence-corrected chi connectivity index (χ4v) is 3.23. The Morgan fingerprint density at radius 3 is 2.20 bits per heavy atom. The van der Waals surface area contributed by atoms with Gasteiger partial charge in [-0.15, -0.1) is 0 Å². The van der Waals surface area contributed by atoms with Crippen molar-refractivity contribution in [2.24, 2.45) is 22.5 Å². The van der Waals surface area contributed by atoms with Gasteiger partial charge in [0, 0.05) is 18.5 Å². The van der Waals surface area contributed by atoms with E-state index in [1.165, 1.54) is 5.56 Å². The smallest absolute Gasteiger partial charge is 0.224 e. The van der Waals surface area contributed by atoms with Crippen molar-refractivity contribution in [1.29, 1.82) is 0 Å². The van der Waals surface area contributed by atoms with Crippen LogP contribution in [0.4, 0.5) is 0 Å². The van der Waals surface area contributed by atoms with E-state index >= 15 is 0 Å². The highest BCUT2D eigenvalue weighted by atomic mass is 16.2. The molecule has 1 aromatic carbocycles. The van der Waals surface area contributed by atoms with Gasteiger partial charge in [0.25, 0.3) is 0 Å². The zero-order valence-electron chi connectivity index (χ0n) is 12.9. The molecule has 0 bridgehead atoms. The van der Waals surface area contributed by atoms with Crippen molar-refractivity contribution in [3.63, 3.8) is 0 Å². The maximum atomic E-state index is 12.4. The first-order valence-electron chi connectivity index (χ1n) is 7.35. The molecule has 2 rings (SSSR count). The second-order valence-electron chi connectivity index (χ2n) is 7.01. The van der Waals surface area contributed by atoms with Crippen molar-refractivity contribution < 1.29 is 4.79 Å². The molecule has 3 nitrogen and oxygen atoms in total. The van der Waals surface area contributed by atoms with Crippen molar-refractivity contribution in [1.82, 2.24) is 5.32 Å². The van der Waals surface area contributed by atoms with E-state index in [1.54, 1.807) is 0 Å². The topological polar surface area (TPSA) is 55.1 Å². The number of hydrogen-bond donors (Lipinski definition) is 2. The average molecular weight is 274 g/mol. The van der Waals surface area contributed by atoms with Gasteiger partial charge in [0.15, 0.2) is 0 Å². The highest BCUT2D eigenvalue weighted by molar-refractivity contribution is 5.84. The highest BCUT2D eigenvalue weighted by Gasteiger charge is 2.68. The van der Waals surface area contributed by atoms with Gasteiger partial charge in [-0.2, -0.15) is 0 Å². The van der Waals surface area contributed by atoms with E-state index in [0.29, 0.717) is 6.54 Å². The fourth-order valence-electron chi connectivity index (χ4n) is 3.23. The minimum absolute atomic E-state index is 0.0112. The van der Waals surface area contributed by atoms with Crippen LogP contribution in [0.5, 0.6) is 0 Å². The third-order valence-corrected chi connectivity index (χ3v) is 5.24. The minimum atomic E-state index is 0.0112. The molecular weight excluding hydrogens is 248 g/mol. The third-order valence-electron chi connectivity index (χ3n) is 5.24. The fraction of sp³-hybridized carbons (Fsp3) is 0.588. The molecule has 0 heterocycles. The predicted octanol–water partition coefficient (Wildman–Crippen LogP) is 2.35. The van der Waals surface area contributed by atoms with Gasteiger partial charge >= 0.3 is 0 Å². The summed E-state index contributed by atoms with van der Waals surface area (Å²) >= 11 is 0. The molecule has 1 fully saturated rings. The molecule has 0 aromatic heterocycles. The molecule has 1 aliphatic rings. The molecule has 1 atom stereocenters. The first-order valence-corrected chi connectivity index (χ1v) is 7.35. The Bertz CT molecular complexity index is 465. The standard InChI is InChI=1S/C17H26N2O/c1-16(2)14(17(16,3)4)15(20)19-13(11-18)10-12-8-6-5-7-9-12/h5-9,13-14H,10-11,18H2,1-4H3,(H,19,20). The van der Waals surface area contributed by atoms with E-state index in [0.717, 1.165) is 6.42 Å². The highest BCUT2D eigenvalue weighted by Crippen LogP contribution is 2.68. The van der Waals surface area contributed by atoms with Crippen molar-refractivity contribution >= 4 is 5.91 Å². The zero-order chi connectivity index (χ0) is 15.0. The van der Waals surface area contributed by atoms with Crippen LogP contribution in [0.25, 0.3) is 0 Å². The molecule has 0 spiro atoms. The molecule has 1 unspecified atom stereocenters. The Labute approximate surface area is 121 Å². The van der Waals surface area contributed by atoms with E-state index in [4.69, 9.17) is 5.73 Å². The molecule has 0 radical (unpaired) electrons. The minimum Gasteiger partial charge on any atom is -0.351 e. The molecule has 0 aliphatic heterocycles. The van der Waals surface area contributed by atoms with Crippen molar-refractivity contribution in [3.8, 4) is 0 Å². The second-order valence-corrected chi connectivity index (χ2v) is 7.01. The summed E-state index contributed by atoms with van der Waals surface area (Å²) in [6.07, 6.45) is 0.788. The maximum absolute atomic E-state index is 12.4. The third kappa shape index (κ3) is 2.59. The summed E-state index contributed by atoms with van der Waals surface area (Å²) in [5.74, 6) is 0.228. The average Bonchev–Trinajstić information content (AvgIpc) is 2.80. The second kappa shape index (κ2) is 5.21. The Morgan fingerprint density at radius 2 is 1.75 bits per heavy atom. The van der Waals surface area contributed by atoms with Gasteiger partial charge in [0.1, 0.15) is 0 Å². The number of rotatable bonds is 5. The van der Waals surface area contributed by atoms with Gasteiger partial charge in [0.05, 0.1) is 0 Å². The van der Waals surface area contributed by atoms with E-state index < -0.39 is 0 Å². The number of hydrogen-bond acceptors (Lipinski definition) is 2. The molecule has 1 saturated carbocycles. The monoisotopic (exact) mass is 274 g/mol. The van der Waals surface area contributed by atoms with Crippen molar-refractivity contribution in [2.45, 2.75) is 40.2 Å². The molecule has 20 heavy (non-hydrogen) atoms. The van der Waals surface area contributed by atoms with Gasteiger partial charge < -0.3 is 11.1 Å². The largest absolute Gasteiger partial charge is 0.351 e. The summed E-state index contributed by atoms with van der Waals surface area (Å²) in [6.45, 7) is 9.10.